The van der Waals surface area contributed by atoms with Crippen LogP contribution in [0, 0.1) is 6.92 Å². The van der Waals surface area contributed by atoms with Crippen LogP contribution >= 0.6 is 11.3 Å². The van der Waals surface area contributed by atoms with Crippen molar-refractivity contribution in [2.75, 3.05) is 6.54 Å². The molecule has 1 unspecified atom stereocenters. The van der Waals surface area contributed by atoms with Gasteiger partial charge in [-0.3, -0.25) is 4.98 Å². The quantitative estimate of drug-likeness (QED) is 0.876. The molecule has 2 heterocycles. The van der Waals surface area contributed by atoms with Gasteiger partial charge in [-0.2, -0.15) is 0 Å². The minimum absolute atomic E-state index is 0.227. The van der Waals surface area contributed by atoms with E-state index in [1.165, 1.54) is 4.88 Å². The zero-order valence-electron chi connectivity index (χ0n) is 9.60. The SMILES string of the molecule is CCNC(c1cccc(C)n1)c1cccs1. The molecule has 0 aliphatic heterocycles. The normalized spacial score (nSPS) is 12.6. The van der Waals surface area contributed by atoms with Crippen LogP contribution < -0.4 is 5.32 Å². The van der Waals surface area contributed by atoms with Crippen molar-refractivity contribution in [3.63, 3.8) is 0 Å². The highest BCUT2D eigenvalue weighted by Crippen LogP contribution is 2.24. The highest BCUT2D eigenvalue weighted by Gasteiger charge is 2.14. The van der Waals surface area contributed by atoms with Gasteiger partial charge in [0.1, 0.15) is 0 Å². The summed E-state index contributed by atoms with van der Waals surface area (Å²) in [6.07, 6.45) is 0. The number of thiophene rings is 1. The first-order chi connectivity index (χ1) is 7.81. The summed E-state index contributed by atoms with van der Waals surface area (Å²) in [6.45, 7) is 5.09. The summed E-state index contributed by atoms with van der Waals surface area (Å²) in [4.78, 5) is 5.91. The Bertz CT molecular complexity index is 437. The minimum atomic E-state index is 0.227. The average Bonchev–Trinajstić information content (AvgIpc) is 2.79. The molecule has 2 nitrogen and oxygen atoms in total. The van der Waals surface area contributed by atoms with Crippen LogP contribution in [0.15, 0.2) is 35.7 Å². The Labute approximate surface area is 100 Å². The fourth-order valence-electron chi connectivity index (χ4n) is 1.74. The molecule has 0 saturated heterocycles. The maximum Gasteiger partial charge on any atom is 0.0845 e. The van der Waals surface area contributed by atoms with Gasteiger partial charge >= 0.3 is 0 Å². The molecule has 3 heteroatoms. The van der Waals surface area contributed by atoms with Gasteiger partial charge in [0.05, 0.1) is 11.7 Å². The third-order valence-electron chi connectivity index (χ3n) is 2.44. The monoisotopic (exact) mass is 232 g/mol. The molecule has 2 aromatic rings. The Kier molecular flexibility index (Phi) is 3.70. The largest absolute Gasteiger partial charge is 0.305 e. The number of nitrogens with zero attached hydrogens (tertiary/aromatic N) is 1. The predicted octanol–water partition coefficient (Wildman–Crippen LogP) is 3.15. The number of nitrogens with one attached hydrogen (secondary N) is 1. The Morgan fingerprint density at radius 3 is 2.81 bits per heavy atom. The van der Waals surface area contributed by atoms with E-state index >= 15 is 0 Å². The lowest BCUT2D eigenvalue weighted by atomic mass is 10.1. The summed E-state index contributed by atoms with van der Waals surface area (Å²) in [5.41, 5.74) is 2.17. The van der Waals surface area contributed by atoms with E-state index in [0.29, 0.717) is 0 Å². The van der Waals surface area contributed by atoms with Gasteiger partial charge in [0.25, 0.3) is 0 Å². The third-order valence-corrected chi connectivity index (χ3v) is 3.38. The van der Waals surface area contributed by atoms with Crippen LogP contribution in [-0.4, -0.2) is 11.5 Å². The lowest BCUT2D eigenvalue weighted by Crippen LogP contribution is -2.22. The second kappa shape index (κ2) is 5.23. The molecule has 0 radical (unpaired) electrons. The molecule has 0 fully saturated rings. The minimum Gasteiger partial charge on any atom is -0.305 e. The van der Waals surface area contributed by atoms with Crippen molar-refractivity contribution in [2.24, 2.45) is 0 Å². The summed E-state index contributed by atoms with van der Waals surface area (Å²) in [7, 11) is 0. The number of pyridine rings is 1. The van der Waals surface area contributed by atoms with Gasteiger partial charge in [0.15, 0.2) is 0 Å². The van der Waals surface area contributed by atoms with E-state index in [-0.39, 0.29) is 6.04 Å². The van der Waals surface area contributed by atoms with E-state index < -0.39 is 0 Å². The van der Waals surface area contributed by atoms with Crippen LogP contribution in [0.1, 0.15) is 29.2 Å². The van der Waals surface area contributed by atoms with Crippen LogP contribution in [0.4, 0.5) is 0 Å². The molecule has 0 aliphatic rings. The molecule has 0 saturated carbocycles. The van der Waals surface area contributed by atoms with E-state index in [1.807, 2.05) is 13.0 Å². The Hall–Kier alpha value is -1.19. The van der Waals surface area contributed by atoms with Crippen molar-refractivity contribution in [2.45, 2.75) is 19.9 Å². The second-order valence-electron chi connectivity index (χ2n) is 3.71. The molecular weight excluding hydrogens is 216 g/mol. The summed E-state index contributed by atoms with van der Waals surface area (Å²) >= 11 is 1.77. The molecular formula is C13H16N2S. The average molecular weight is 232 g/mol. The number of hydrogen-bond acceptors (Lipinski definition) is 3. The Balaban J connectivity index is 2.33. The topological polar surface area (TPSA) is 24.9 Å². The molecule has 84 valence electrons. The maximum atomic E-state index is 4.59. The van der Waals surface area contributed by atoms with E-state index in [2.05, 4.69) is 46.9 Å². The zero-order chi connectivity index (χ0) is 11.4. The van der Waals surface area contributed by atoms with E-state index in [4.69, 9.17) is 0 Å². The van der Waals surface area contributed by atoms with E-state index in [9.17, 15) is 0 Å². The van der Waals surface area contributed by atoms with Crippen molar-refractivity contribution >= 4 is 11.3 Å². The molecule has 0 spiro atoms. The summed E-state index contributed by atoms with van der Waals surface area (Å²) < 4.78 is 0. The summed E-state index contributed by atoms with van der Waals surface area (Å²) in [5.74, 6) is 0. The molecule has 2 aromatic heterocycles. The summed E-state index contributed by atoms with van der Waals surface area (Å²) in [5, 5.41) is 5.58. The fraction of sp³-hybridized carbons (Fsp3) is 0.308. The third kappa shape index (κ3) is 2.49. The van der Waals surface area contributed by atoms with Crippen molar-refractivity contribution in [3.05, 3.63) is 52.0 Å². The first-order valence-corrected chi connectivity index (χ1v) is 6.39. The first-order valence-electron chi connectivity index (χ1n) is 5.51. The standard InChI is InChI=1S/C13H16N2S/c1-3-14-13(12-8-5-9-16-12)11-7-4-6-10(2)15-11/h4-9,13-14H,3H2,1-2H3. The Morgan fingerprint density at radius 2 is 2.19 bits per heavy atom. The Morgan fingerprint density at radius 1 is 1.31 bits per heavy atom. The van der Waals surface area contributed by atoms with Gasteiger partial charge in [-0.05, 0) is 37.0 Å². The van der Waals surface area contributed by atoms with Crippen LogP contribution in [0.2, 0.25) is 0 Å². The first kappa shape index (κ1) is 11.3. The lowest BCUT2D eigenvalue weighted by molar-refractivity contribution is 0.623. The van der Waals surface area contributed by atoms with E-state index in [1.54, 1.807) is 11.3 Å². The van der Waals surface area contributed by atoms with Gasteiger partial charge in [0.2, 0.25) is 0 Å². The van der Waals surface area contributed by atoms with Crippen LogP contribution in [-0.2, 0) is 0 Å². The van der Waals surface area contributed by atoms with Crippen molar-refractivity contribution < 1.29 is 0 Å². The predicted molar refractivity (Wildman–Crippen MR) is 68.8 cm³/mol. The lowest BCUT2D eigenvalue weighted by Gasteiger charge is -2.16. The number of aryl methyl sites for hydroxylation is 1. The molecule has 1 N–H and O–H groups in total. The highest BCUT2D eigenvalue weighted by atomic mass is 32.1. The molecule has 0 bridgehead atoms. The van der Waals surface area contributed by atoms with Crippen molar-refractivity contribution in [1.82, 2.24) is 10.3 Å². The number of rotatable bonds is 4. The van der Waals surface area contributed by atoms with Crippen molar-refractivity contribution in [1.29, 1.82) is 0 Å². The molecule has 0 aliphatic carbocycles. The van der Waals surface area contributed by atoms with Gasteiger partial charge < -0.3 is 5.32 Å². The van der Waals surface area contributed by atoms with Gasteiger partial charge in [0, 0.05) is 10.6 Å². The second-order valence-corrected chi connectivity index (χ2v) is 4.69. The van der Waals surface area contributed by atoms with E-state index in [0.717, 1.165) is 17.9 Å². The van der Waals surface area contributed by atoms with Crippen LogP contribution in [0.5, 0.6) is 0 Å². The highest BCUT2D eigenvalue weighted by molar-refractivity contribution is 7.10. The molecule has 1 atom stereocenters. The molecule has 2 rings (SSSR count). The van der Waals surface area contributed by atoms with Crippen LogP contribution in [0.25, 0.3) is 0 Å². The number of hydrogen-bond donors (Lipinski definition) is 1. The fourth-order valence-corrected chi connectivity index (χ4v) is 2.55. The van der Waals surface area contributed by atoms with Gasteiger partial charge in [-0.25, -0.2) is 0 Å². The van der Waals surface area contributed by atoms with Gasteiger partial charge in [-0.1, -0.05) is 19.1 Å². The summed E-state index contributed by atoms with van der Waals surface area (Å²) in [6, 6.07) is 10.6. The van der Waals surface area contributed by atoms with Crippen molar-refractivity contribution in [3.8, 4) is 0 Å². The molecule has 0 aromatic carbocycles. The molecule has 0 amide bonds. The zero-order valence-corrected chi connectivity index (χ0v) is 10.4. The maximum absolute atomic E-state index is 4.59. The van der Waals surface area contributed by atoms with Crippen LogP contribution in [0.3, 0.4) is 0 Å². The van der Waals surface area contributed by atoms with Gasteiger partial charge in [-0.15, -0.1) is 11.3 Å². The molecule has 16 heavy (non-hydrogen) atoms. The number of aromatic nitrogens is 1. The smallest absolute Gasteiger partial charge is 0.0845 e.